The van der Waals surface area contributed by atoms with Crippen molar-refractivity contribution < 1.29 is 4.79 Å². The van der Waals surface area contributed by atoms with Crippen LogP contribution in [-0.2, 0) is 6.54 Å². The minimum atomic E-state index is -0.0406. The Morgan fingerprint density at radius 3 is 2.50 bits per heavy atom. The van der Waals surface area contributed by atoms with Crippen molar-refractivity contribution >= 4 is 17.2 Å². The van der Waals surface area contributed by atoms with E-state index in [-0.39, 0.29) is 5.78 Å². The van der Waals surface area contributed by atoms with Crippen molar-refractivity contribution in [3.05, 3.63) is 59.2 Å². The van der Waals surface area contributed by atoms with Crippen molar-refractivity contribution in [1.82, 2.24) is 0 Å². The number of rotatable bonds is 4. The molecular formula is C16H15N3O. The quantitative estimate of drug-likeness (QED) is 0.658. The highest BCUT2D eigenvalue weighted by Gasteiger charge is 2.05. The molecule has 4 nitrogen and oxygen atoms in total. The third kappa shape index (κ3) is 3.15. The van der Waals surface area contributed by atoms with E-state index in [4.69, 9.17) is 11.0 Å². The molecule has 2 aromatic rings. The van der Waals surface area contributed by atoms with Crippen LogP contribution in [0.4, 0.5) is 11.4 Å². The number of nitrogens with zero attached hydrogens (tertiary/aromatic N) is 1. The van der Waals surface area contributed by atoms with Crippen LogP contribution in [0, 0.1) is 11.3 Å². The van der Waals surface area contributed by atoms with Gasteiger partial charge in [0.1, 0.15) is 0 Å². The number of benzene rings is 2. The van der Waals surface area contributed by atoms with E-state index in [9.17, 15) is 4.79 Å². The summed E-state index contributed by atoms with van der Waals surface area (Å²) < 4.78 is 0. The first-order valence-corrected chi connectivity index (χ1v) is 6.23. The molecule has 2 rings (SSSR count). The number of hydrogen-bond donors (Lipinski definition) is 2. The molecule has 2 aromatic carbocycles. The molecule has 3 N–H and O–H groups in total. The molecule has 0 saturated carbocycles. The lowest BCUT2D eigenvalue weighted by molar-refractivity contribution is 0.101. The van der Waals surface area contributed by atoms with Crippen LogP contribution in [0.15, 0.2) is 42.5 Å². The van der Waals surface area contributed by atoms with Crippen LogP contribution in [0.1, 0.15) is 28.4 Å². The van der Waals surface area contributed by atoms with E-state index in [1.807, 2.05) is 18.2 Å². The monoisotopic (exact) mass is 265 g/mol. The van der Waals surface area contributed by atoms with E-state index in [1.54, 1.807) is 24.3 Å². The average Bonchev–Trinajstić information content (AvgIpc) is 2.45. The molecule has 0 fully saturated rings. The zero-order valence-electron chi connectivity index (χ0n) is 11.2. The van der Waals surface area contributed by atoms with Gasteiger partial charge in [0.25, 0.3) is 0 Å². The van der Waals surface area contributed by atoms with Crippen LogP contribution in [0.5, 0.6) is 0 Å². The molecule has 0 atom stereocenters. The Morgan fingerprint density at radius 2 is 1.95 bits per heavy atom. The normalized spacial score (nSPS) is 9.80. The summed E-state index contributed by atoms with van der Waals surface area (Å²) in [6, 6.07) is 14.8. The zero-order valence-corrected chi connectivity index (χ0v) is 11.2. The molecule has 20 heavy (non-hydrogen) atoms. The Labute approximate surface area is 117 Å². The molecule has 0 bridgehead atoms. The van der Waals surface area contributed by atoms with Gasteiger partial charge in [0.05, 0.1) is 11.6 Å². The summed E-state index contributed by atoms with van der Waals surface area (Å²) in [7, 11) is 0. The number of ketones is 1. The molecule has 4 heteroatoms. The Balaban J connectivity index is 2.05. The molecular weight excluding hydrogens is 250 g/mol. The predicted octanol–water partition coefficient (Wildman–Crippen LogP) is 2.96. The topological polar surface area (TPSA) is 78.9 Å². The molecule has 100 valence electrons. The van der Waals surface area contributed by atoms with Gasteiger partial charge >= 0.3 is 0 Å². The first kappa shape index (κ1) is 13.6. The van der Waals surface area contributed by atoms with Crippen molar-refractivity contribution in [1.29, 1.82) is 5.26 Å². The number of nitrogen functional groups attached to an aromatic ring is 1. The molecule has 0 aliphatic carbocycles. The average molecular weight is 265 g/mol. The van der Waals surface area contributed by atoms with Crippen LogP contribution in [0.25, 0.3) is 0 Å². The van der Waals surface area contributed by atoms with Crippen molar-refractivity contribution in [2.75, 3.05) is 11.1 Å². The fraction of sp³-hybridized carbons (Fsp3) is 0.125. The SMILES string of the molecule is CC(=O)c1ccc(NCc2ccc(C#N)cc2)cc1N. The first-order valence-electron chi connectivity index (χ1n) is 6.23. The number of nitriles is 1. The van der Waals surface area contributed by atoms with E-state index in [1.165, 1.54) is 6.92 Å². The molecule has 0 amide bonds. The lowest BCUT2D eigenvalue weighted by Gasteiger charge is -2.09. The van der Waals surface area contributed by atoms with Crippen LogP contribution < -0.4 is 11.1 Å². The maximum atomic E-state index is 11.3. The molecule has 0 aliphatic heterocycles. The summed E-state index contributed by atoms with van der Waals surface area (Å²) in [5.74, 6) is -0.0406. The van der Waals surface area contributed by atoms with Gasteiger partial charge in [0.15, 0.2) is 5.78 Å². The molecule has 0 spiro atoms. The van der Waals surface area contributed by atoms with E-state index in [0.29, 0.717) is 23.4 Å². The van der Waals surface area contributed by atoms with Gasteiger partial charge in [-0.25, -0.2) is 0 Å². The summed E-state index contributed by atoms with van der Waals surface area (Å²) in [5, 5.41) is 12.0. The molecule has 0 unspecified atom stereocenters. The second kappa shape index (κ2) is 5.89. The van der Waals surface area contributed by atoms with Crippen LogP contribution in [0.2, 0.25) is 0 Å². The number of nitrogens with two attached hydrogens (primary N) is 1. The third-order valence-corrected chi connectivity index (χ3v) is 3.01. The van der Waals surface area contributed by atoms with E-state index in [2.05, 4.69) is 11.4 Å². The Kier molecular flexibility index (Phi) is 4.02. The van der Waals surface area contributed by atoms with Gasteiger partial charge < -0.3 is 11.1 Å². The second-order valence-electron chi connectivity index (χ2n) is 4.52. The van der Waals surface area contributed by atoms with Gasteiger partial charge in [-0.15, -0.1) is 0 Å². The first-order chi connectivity index (χ1) is 9.60. The summed E-state index contributed by atoms with van der Waals surface area (Å²) in [5.41, 5.74) is 9.41. The molecule has 0 saturated heterocycles. The third-order valence-electron chi connectivity index (χ3n) is 3.01. The lowest BCUT2D eigenvalue weighted by Crippen LogP contribution is -2.03. The Morgan fingerprint density at radius 1 is 1.25 bits per heavy atom. The van der Waals surface area contributed by atoms with Gasteiger partial charge in [-0.3, -0.25) is 4.79 Å². The highest BCUT2D eigenvalue weighted by atomic mass is 16.1. The number of Topliss-reactive ketones (excluding diaryl/α,β-unsaturated/α-hetero) is 1. The predicted molar refractivity (Wildman–Crippen MR) is 79.3 cm³/mol. The minimum Gasteiger partial charge on any atom is -0.398 e. The summed E-state index contributed by atoms with van der Waals surface area (Å²) in [6.07, 6.45) is 0. The summed E-state index contributed by atoms with van der Waals surface area (Å²) >= 11 is 0. The van der Waals surface area contributed by atoms with Crippen molar-refractivity contribution in [2.24, 2.45) is 0 Å². The number of nitrogens with one attached hydrogen (secondary N) is 1. The molecule has 0 heterocycles. The van der Waals surface area contributed by atoms with Crippen LogP contribution in [0.3, 0.4) is 0 Å². The van der Waals surface area contributed by atoms with Crippen molar-refractivity contribution in [3.63, 3.8) is 0 Å². The van der Waals surface area contributed by atoms with Gasteiger partial charge in [-0.2, -0.15) is 5.26 Å². The highest BCUT2D eigenvalue weighted by Crippen LogP contribution is 2.19. The van der Waals surface area contributed by atoms with Gasteiger partial charge in [0.2, 0.25) is 0 Å². The molecule has 0 aromatic heterocycles. The number of carbonyl (C=O) groups is 1. The summed E-state index contributed by atoms with van der Waals surface area (Å²) in [4.78, 5) is 11.3. The molecule has 0 aliphatic rings. The molecule has 0 radical (unpaired) electrons. The van der Waals surface area contributed by atoms with E-state index < -0.39 is 0 Å². The zero-order chi connectivity index (χ0) is 14.5. The maximum absolute atomic E-state index is 11.3. The highest BCUT2D eigenvalue weighted by molar-refractivity contribution is 5.99. The largest absolute Gasteiger partial charge is 0.398 e. The van der Waals surface area contributed by atoms with Crippen LogP contribution in [-0.4, -0.2) is 5.78 Å². The van der Waals surface area contributed by atoms with Crippen LogP contribution >= 0.6 is 0 Å². The fourth-order valence-electron chi connectivity index (χ4n) is 1.89. The number of anilines is 2. The fourth-order valence-corrected chi connectivity index (χ4v) is 1.89. The van der Waals surface area contributed by atoms with Gasteiger partial charge in [0, 0.05) is 23.5 Å². The van der Waals surface area contributed by atoms with Crippen molar-refractivity contribution in [2.45, 2.75) is 13.5 Å². The summed E-state index contributed by atoms with van der Waals surface area (Å²) in [6.45, 7) is 2.13. The Hall–Kier alpha value is -2.80. The number of carbonyl (C=O) groups excluding carboxylic acids is 1. The Bertz CT molecular complexity index is 669. The van der Waals surface area contributed by atoms with Crippen molar-refractivity contribution in [3.8, 4) is 6.07 Å². The van der Waals surface area contributed by atoms with Gasteiger partial charge in [-0.1, -0.05) is 12.1 Å². The lowest BCUT2D eigenvalue weighted by atomic mass is 10.1. The van der Waals surface area contributed by atoms with E-state index in [0.717, 1.165) is 11.3 Å². The number of hydrogen-bond acceptors (Lipinski definition) is 4. The smallest absolute Gasteiger partial charge is 0.161 e. The minimum absolute atomic E-state index is 0.0406. The standard InChI is InChI=1S/C16H15N3O/c1-11(20)15-7-6-14(8-16(15)18)19-10-13-4-2-12(9-17)3-5-13/h2-8,19H,10,18H2,1H3. The maximum Gasteiger partial charge on any atom is 0.161 e. The second-order valence-corrected chi connectivity index (χ2v) is 4.52. The van der Waals surface area contributed by atoms with E-state index >= 15 is 0 Å². The van der Waals surface area contributed by atoms with Gasteiger partial charge in [-0.05, 0) is 42.8 Å².